The number of Topliss-reactive ketones (excluding diaryl/α,β-unsaturated/α-hetero) is 1. The zero-order valence-corrected chi connectivity index (χ0v) is 21.0. The normalized spacial score (nSPS) is 16.9. The molecule has 3 aromatic carbocycles. The summed E-state index contributed by atoms with van der Waals surface area (Å²) in [4.78, 5) is 27.7. The minimum absolute atomic E-state index is 0.115. The molecule has 1 aliphatic rings. The van der Waals surface area contributed by atoms with Crippen LogP contribution >= 0.6 is 23.1 Å². The number of aryl methyl sites for hydroxylation is 1. The van der Waals surface area contributed by atoms with Crippen molar-refractivity contribution >= 4 is 45.7 Å². The van der Waals surface area contributed by atoms with E-state index in [0.717, 1.165) is 22.5 Å². The van der Waals surface area contributed by atoms with Crippen LogP contribution in [0.2, 0.25) is 0 Å². The van der Waals surface area contributed by atoms with Crippen LogP contribution in [0.15, 0.2) is 82.7 Å². The van der Waals surface area contributed by atoms with Gasteiger partial charge in [0.1, 0.15) is 17.4 Å². The lowest BCUT2D eigenvalue weighted by atomic mass is 9.95. The van der Waals surface area contributed by atoms with Crippen LogP contribution in [0.25, 0.3) is 5.76 Å². The number of amides is 1. The fourth-order valence-electron chi connectivity index (χ4n) is 3.94. The number of anilines is 1. The van der Waals surface area contributed by atoms with E-state index in [2.05, 4.69) is 10.2 Å². The monoisotopic (exact) mass is 535 g/mol. The SMILES string of the molecule is Cc1ccc(C2/C(=C(/O)c3ccc(F)cc3)C(=O)C(=O)N2c2nnc(SCc3ccc(F)cc3)s2)cc1. The van der Waals surface area contributed by atoms with Gasteiger partial charge in [-0.2, -0.15) is 0 Å². The van der Waals surface area contributed by atoms with E-state index in [0.29, 0.717) is 15.7 Å². The second-order valence-corrected chi connectivity index (χ2v) is 10.5. The number of ketones is 1. The Balaban J connectivity index is 1.53. The molecule has 1 amide bonds. The molecule has 1 saturated heterocycles. The van der Waals surface area contributed by atoms with E-state index < -0.39 is 29.3 Å². The van der Waals surface area contributed by atoms with Crippen LogP contribution in [0.5, 0.6) is 0 Å². The molecule has 4 aromatic rings. The van der Waals surface area contributed by atoms with Crippen molar-refractivity contribution in [3.63, 3.8) is 0 Å². The van der Waals surface area contributed by atoms with E-state index in [4.69, 9.17) is 0 Å². The second kappa shape index (κ2) is 10.2. The number of hydrogen-bond donors (Lipinski definition) is 1. The van der Waals surface area contributed by atoms with Gasteiger partial charge in [-0.15, -0.1) is 10.2 Å². The van der Waals surface area contributed by atoms with Crippen LogP contribution in [0.1, 0.15) is 28.3 Å². The zero-order chi connectivity index (χ0) is 26.1. The van der Waals surface area contributed by atoms with Crippen LogP contribution in [0, 0.1) is 18.6 Å². The van der Waals surface area contributed by atoms with Gasteiger partial charge in [-0.05, 0) is 54.4 Å². The molecule has 1 aromatic heterocycles. The Morgan fingerprint density at radius 1 is 0.946 bits per heavy atom. The molecule has 1 atom stereocenters. The summed E-state index contributed by atoms with van der Waals surface area (Å²) >= 11 is 2.51. The molecule has 37 heavy (non-hydrogen) atoms. The molecule has 5 rings (SSSR count). The number of halogens is 2. The molecule has 1 N–H and O–H groups in total. The highest BCUT2D eigenvalue weighted by molar-refractivity contribution is 8.00. The predicted molar refractivity (Wildman–Crippen MR) is 138 cm³/mol. The van der Waals surface area contributed by atoms with Crippen LogP contribution < -0.4 is 4.90 Å². The van der Waals surface area contributed by atoms with Gasteiger partial charge in [-0.25, -0.2) is 8.78 Å². The molecular formula is C27H19F2N3O3S2. The Kier molecular flexibility index (Phi) is 6.86. The Labute approximate surface area is 219 Å². The molecule has 0 spiro atoms. The molecule has 0 bridgehead atoms. The maximum Gasteiger partial charge on any atom is 0.301 e. The molecule has 6 nitrogen and oxygen atoms in total. The predicted octanol–water partition coefficient (Wildman–Crippen LogP) is 6.04. The Morgan fingerprint density at radius 3 is 2.22 bits per heavy atom. The summed E-state index contributed by atoms with van der Waals surface area (Å²) in [6.45, 7) is 1.91. The van der Waals surface area contributed by atoms with Crippen molar-refractivity contribution in [2.45, 2.75) is 23.1 Å². The number of aliphatic hydroxyl groups is 1. The second-order valence-electron chi connectivity index (χ2n) is 8.35. The van der Waals surface area contributed by atoms with Gasteiger partial charge in [0, 0.05) is 11.3 Å². The van der Waals surface area contributed by atoms with Gasteiger partial charge in [-0.3, -0.25) is 14.5 Å². The van der Waals surface area contributed by atoms with Crippen molar-refractivity contribution in [1.29, 1.82) is 0 Å². The highest BCUT2D eigenvalue weighted by Gasteiger charge is 2.48. The Morgan fingerprint density at radius 2 is 1.57 bits per heavy atom. The number of aromatic nitrogens is 2. The van der Waals surface area contributed by atoms with Gasteiger partial charge in [-0.1, -0.05) is 65.1 Å². The van der Waals surface area contributed by atoms with Crippen LogP contribution in [-0.4, -0.2) is 27.0 Å². The average Bonchev–Trinajstić information content (AvgIpc) is 3.46. The number of hydrogen-bond acceptors (Lipinski definition) is 7. The Bertz CT molecular complexity index is 1500. The number of carbonyl (C=O) groups is 2. The van der Waals surface area contributed by atoms with Crippen molar-refractivity contribution in [2.24, 2.45) is 0 Å². The average molecular weight is 536 g/mol. The summed E-state index contributed by atoms with van der Waals surface area (Å²) in [5.74, 6) is -2.42. The molecule has 2 heterocycles. The molecule has 10 heteroatoms. The topological polar surface area (TPSA) is 83.4 Å². The lowest BCUT2D eigenvalue weighted by Crippen LogP contribution is -2.29. The van der Waals surface area contributed by atoms with E-state index in [1.807, 2.05) is 19.1 Å². The number of nitrogens with zero attached hydrogens (tertiary/aromatic N) is 3. The summed E-state index contributed by atoms with van der Waals surface area (Å²) in [6.07, 6.45) is 0. The number of rotatable bonds is 6. The molecule has 0 saturated carbocycles. The lowest BCUT2D eigenvalue weighted by Gasteiger charge is -2.22. The van der Waals surface area contributed by atoms with Crippen molar-refractivity contribution < 1.29 is 23.5 Å². The number of thioether (sulfide) groups is 1. The fourth-order valence-corrected chi connectivity index (χ4v) is 5.76. The molecular weight excluding hydrogens is 516 g/mol. The lowest BCUT2D eigenvalue weighted by molar-refractivity contribution is -0.132. The molecule has 1 unspecified atom stereocenters. The fraction of sp³-hybridized carbons (Fsp3) is 0.111. The zero-order valence-electron chi connectivity index (χ0n) is 19.4. The Hall–Kier alpha value is -3.89. The first kappa shape index (κ1) is 24.8. The van der Waals surface area contributed by atoms with E-state index in [1.54, 1.807) is 24.3 Å². The summed E-state index contributed by atoms with van der Waals surface area (Å²) in [5, 5.41) is 19.6. The van der Waals surface area contributed by atoms with Crippen LogP contribution in [-0.2, 0) is 15.3 Å². The summed E-state index contributed by atoms with van der Waals surface area (Å²) in [7, 11) is 0. The maximum absolute atomic E-state index is 13.5. The highest BCUT2D eigenvalue weighted by Crippen LogP contribution is 2.44. The number of benzene rings is 3. The third-order valence-corrected chi connectivity index (χ3v) is 7.96. The summed E-state index contributed by atoms with van der Waals surface area (Å²) in [6, 6.07) is 17.4. The third kappa shape index (κ3) is 5.03. The smallest absolute Gasteiger partial charge is 0.301 e. The van der Waals surface area contributed by atoms with Crippen molar-refractivity contribution in [1.82, 2.24) is 10.2 Å². The van der Waals surface area contributed by atoms with E-state index in [9.17, 15) is 23.5 Å². The molecule has 0 radical (unpaired) electrons. The first-order valence-electron chi connectivity index (χ1n) is 11.2. The van der Waals surface area contributed by atoms with Crippen molar-refractivity contribution in [3.8, 4) is 0 Å². The largest absolute Gasteiger partial charge is 0.507 e. The first-order valence-corrected chi connectivity index (χ1v) is 13.0. The third-order valence-electron chi connectivity index (χ3n) is 5.83. The molecule has 1 aliphatic heterocycles. The molecule has 186 valence electrons. The standard InChI is InChI=1S/C27H19F2N3O3S2/c1-15-2-6-17(7-3-15)22-21(23(33)18-8-12-20(29)13-9-18)24(34)25(35)32(22)26-30-31-27(37-26)36-14-16-4-10-19(28)11-5-16/h2-13,22,33H,14H2,1H3/b23-21-. The van der Waals surface area contributed by atoms with Gasteiger partial charge >= 0.3 is 5.91 Å². The van der Waals surface area contributed by atoms with E-state index in [1.165, 1.54) is 53.1 Å². The minimum atomic E-state index is -0.950. The molecule has 1 fully saturated rings. The minimum Gasteiger partial charge on any atom is -0.507 e. The first-order chi connectivity index (χ1) is 17.8. The van der Waals surface area contributed by atoms with E-state index >= 15 is 0 Å². The summed E-state index contributed by atoms with van der Waals surface area (Å²) < 4.78 is 27.2. The van der Waals surface area contributed by atoms with Crippen LogP contribution in [0.3, 0.4) is 0 Å². The number of carbonyl (C=O) groups excluding carboxylic acids is 2. The van der Waals surface area contributed by atoms with Crippen molar-refractivity contribution in [3.05, 3.63) is 112 Å². The highest BCUT2D eigenvalue weighted by atomic mass is 32.2. The summed E-state index contributed by atoms with van der Waals surface area (Å²) in [5.41, 5.74) is 2.57. The van der Waals surface area contributed by atoms with Gasteiger partial charge < -0.3 is 5.11 Å². The van der Waals surface area contributed by atoms with Crippen molar-refractivity contribution in [2.75, 3.05) is 4.90 Å². The van der Waals surface area contributed by atoms with Gasteiger partial charge in [0.25, 0.3) is 5.78 Å². The van der Waals surface area contributed by atoms with E-state index in [-0.39, 0.29) is 22.1 Å². The molecule has 0 aliphatic carbocycles. The van der Waals surface area contributed by atoms with Gasteiger partial charge in [0.15, 0.2) is 4.34 Å². The quantitative estimate of drug-likeness (QED) is 0.107. The number of aliphatic hydroxyl groups excluding tert-OH is 1. The van der Waals surface area contributed by atoms with Gasteiger partial charge in [0.2, 0.25) is 5.13 Å². The maximum atomic E-state index is 13.5. The van der Waals surface area contributed by atoms with Gasteiger partial charge in [0.05, 0.1) is 11.6 Å². The van der Waals surface area contributed by atoms with Crippen LogP contribution in [0.4, 0.5) is 13.9 Å².